The van der Waals surface area contributed by atoms with Gasteiger partial charge >= 0.3 is 11.9 Å². The number of aliphatic carboxylic acids is 2. The molecule has 2 heterocycles. The number of piperidine rings is 2. The molecule has 2 aliphatic rings. The predicted molar refractivity (Wildman–Crippen MR) is 172 cm³/mol. The maximum absolute atomic E-state index is 12.5. The molecule has 0 radical (unpaired) electrons. The van der Waals surface area contributed by atoms with E-state index in [0.717, 1.165) is 0 Å². The van der Waals surface area contributed by atoms with Crippen LogP contribution in [-0.2, 0) is 29.6 Å². The zero-order chi connectivity index (χ0) is 36.1. The summed E-state index contributed by atoms with van der Waals surface area (Å²) in [6, 6.07) is 10.9. The van der Waals surface area contributed by atoms with Crippen LogP contribution in [-0.4, -0.2) is 96.7 Å². The lowest BCUT2D eigenvalue weighted by atomic mass is 9.99. The first-order valence-corrected chi connectivity index (χ1v) is 17.4. The van der Waals surface area contributed by atoms with E-state index >= 15 is 0 Å². The first kappa shape index (κ1) is 39.8. The van der Waals surface area contributed by atoms with Crippen molar-refractivity contribution in [3.63, 3.8) is 0 Å². The summed E-state index contributed by atoms with van der Waals surface area (Å²) < 4.78 is 52.6. The Morgan fingerprint density at radius 1 is 0.688 bits per heavy atom. The van der Waals surface area contributed by atoms with Crippen LogP contribution in [0.1, 0.15) is 25.7 Å². The molecular weight excluding hydrogens is 676 g/mol. The van der Waals surface area contributed by atoms with Gasteiger partial charge in [-0.25, -0.2) is 26.4 Å². The second-order valence-corrected chi connectivity index (χ2v) is 14.4. The minimum Gasteiger partial charge on any atom is -0.478 e. The molecule has 20 heteroatoms. The van der Waals surface area contributed by atoms with E-state index in [9.17, 15) is 46.7 Å². The summed E-state index contributed by atoms with van der Waals surface area (Å²) in [4.78, 5) is 39.2. The fourth-order valence-corrected chi connectivity index (χ4v) is 8.10. The quantitative estimate of drug-likeness (QED) is 0.155. The molecule has 0 unspecified atom stereocenters. The number of carbonyl (C=O) groups is 2. The summed E-state index contributed by atoms with van der Waals surface area (Å²) in [6.45, 7) is 2.51. The molecule has 6 N–H and O–H groups in total. The first-order valence-electron chi connectivity index (χ1n) is 14.6. The molecule has 2 aromatic rings. The molecule has 2 saturated heterocycles. The highest BCUT2D eigenvalue weighted by molar-refractivity contribution is 7.89. The molecule has 2 fully saturated rings. The molecule has 264 valence electrons. The Morgan fingerprint density at radius 3 is 1.23 bits per heavy atom. The number of nitrogens with zero attached hydrogens (tertiary/aromatic N) is 4. The molecule has 0 aromatic heterocycles. The van der Waals surface area contributed by atoms with Crippen molar-refractivity contribution in [2.24, 2.45) is 23.3 Å². The van der Waals surface area contributed by atoms with Crippen LogP contribution in [0.5, 0.6) is 0 Å². The Balaban J connectivity index is 0.000000274. The zero-order valence-corrected chi connectivity index (χ0v) is 27.4. The molecule has 0 aliphatic carbocycles. The van der Waals surface area contributed by atoms with E-state index in [1.165, 1.54) is 57.1 Å². The van der Waals surface area contributed by atoms with Gasteiger partial charge < -0.3 is 21.7 Å². The lowest BCUT2D eigenvalue weighted by Gasteiger charge is -2.30. The molecule has 18 nitrogen and oxygen atoms in total. The Bertz CT molecular complexity index is 1560. The van der Waals surface area contributed by atoms with Gasteiger partial charge in [0.2, 0.25) is 20.0 Å². The molecule has 0 saturated carbocycles. The molecule has 0 atom stereocenters. The number of nitro benzene ring substituents is 2. The van der Waals surface area contributed by atoms with Crippen molar-refractivity contribution in [2.45, 2.75) is 35.5 Å². The smallest absolute Gasteiger partial charge is 0.328 e. The summed E-state index contributed by atoms with van der Waals surface area (Å²) in [6.07, 6.45) is 3.88. The van der Waals surface area contributed by atoms with Crippen molar-refractivity contribution >= 4 is 43.4 Å². The minimum atomic E-state index is -3.82. The van der Waals surface area contributed by atoms with E-state index in [2.05, 4.69) is 0 Å². The molecule has 0 amide bonds. The van der Waals surface area contributed by atoms with Gasteiger partial charge in [0.15, 0.2) is 9.79 Å². The molecule has 4 rings (SSSR count). The number of nitro groups is 2. The average molecular weight is 715 g/mol. The molecule has 2 aromatic carbocycles. The highest BCUT2D eigenvalue weighted by Gasteiger charge is 2.35. The van der Waals surface area contributed by atoms with Crippen LogP contribution >= 0.6 is 0 Å². The van der Waals surface area contributed by atoms with Crippen LogP contribution in [0, 0.1) is 32.1 Å². The van der Waals surface area contributed by atoms with Crippen LogP contribution in [0.15, 0.2) is 70.5 Å². The predicted octanol–water partition coefficient (Wildman–Crippen LogP) is 1.62. The van der Waals surface area contributed by atoms with E-state index in [0.29, 0.717) is 88.9 Å². The van der Waals surface area contributed by atoms with Crippen LogP contribution in [0.3, 0.4) is 0 Å². The summed E-state index contributed by atoms with van der Waals surface area (Å²) in [7, 11) is -7.64. The van der Waals surface area contributed by atoms with Gasteiger partial charge in [0.05, 0.1) is 9.85 Å². The number of carboxylic acids is 2. The third-order valence-corrected chi connectivity index (χ3v) is 11.4. The van der Waals surface area contributed by atoms with E-state index in [-0.39, 0.29) is 21.2 Å². The number of hydrogen-bond acceptors (Lipinski definition) is 12. The van der Waals surface area contributed by atoms with Crippen molar-refractivity contribution in [2.75, 3.05) is 39.3 Å². The van der Waals surface area contributed by atoms with Crippen LogP contribution < -0.4 is 11.5 Å². The normalized spacial score (nSPS) is 16.6. The van der Waals surface area contributed by atoms with Crippen LogP contribution in [0.2, 0.25) is 0 Å². The topological polar surface area (TPSA) is 288 Å². The fourth-order valence-electron chi connectivity index (χ4n) is 4.84. The van der Waals surface area contributed by atoms with Crippen molar-refractivity contribution in [1.82, 2.24) is 8.61 Å². The second-order valence-electron chi connectivity index (χ2n) is 10.6. The van der Waals surface area contributed by atoms with Gasteiger partial charge in [-0.3, -0.25) is 20.2 Å². The highest BCUT2D eigenvalue weighted by Crippen LogP contribution is 2.30. The Morgan fingerprint density at radius 2 is 0.979 bits per heavy atom. The zero-order valence-electron chi connectivity index (χ0n) is 25.7. The number of benzene rings is 2. The number of para-hydroxylation sites is 2. The Kier molecular flexibility index (Phi) is 15.2. The highest BCUT2D eigenvalue weighted by atomic mass is 32.2. The van der Waals surface area contributed by atoms with Gasteiger partial charge in [-0.2, -0.15) is 8.61 Å². The van der Waals surface area contributed by atoms with Crippen molar-refractivity contribution in [3.8, 4) is 0 Å². The minimum absolute atomic E-state index is 0.240. The third kappa shape index (κ3) is 11.1. The Hall–Kier alpha value is -4.34. The summed E-state index contributed by atoms with van der Waals surface area (Å²) in [5.41, 5.74) is 10.4. The van der Waals surface area contributed by atoms with Crippen molar-refractivity contribution in [1.29, 1.82) is 0 Å². The maximum Gasteiger partial charge on any atom is 0.328 e. The summed E-state index contributed by atoms with van der Waals surface area (Å²) in [5.74, 6) is -1.86. The first-order chi connectivity index (χ1) is 22.6. The summed E-state index contributed by atoms with van der Waals surface area (Å²) >= 11 is 0. The number of carboxylic acid groups (broad SMARTS) is 2. The molecule has 0 bridgehead atoms. The Labute approximate surface area is 277 Å². The van der Waals surface area contributed by atoms with Gasteiger partial charge in [-0.15, -0.1) is 0 Å². The van der Waals surface area contributed by atoms with E-state index in [1.807, 2.05) is 0 Å². The fraction of sp³-hybridized carbons (Fsp3) is 0.429. The van der Waals surface area contributed by atoms with E-state index < -0.39 is 41.8 Å². The maximum atomic E-state index is 12.5. The van der Waals surface area contributed by atoms with Gasteiger partial charge in [-0.1, -0.05) is 24.3 Å². The van der Waals surface area contributed by atoms with E-state index in [1.54, 1.807) is 0 Å². The summed E-state index contributed by atoms with van der Waals surface area (Å²) in [5, 5.41) is 37.5. The van der Waals surface area contributed by atoms with Crippen molar-refractivity contribution in [3.05, 3.63) is 80.9 Å². The number of nitrogens with two attached hydrogens (primary N) is 2. The standard InChI is InChI=1S/2C12H17N3O4S.C4H4O4/c2*13-9-10-5-7-14(8-6-10)20(18,19)12-4-2-1-3-11(12)15(16)17;5-3(6)1-2-4(7)8/h2*1-4,10H,5-9,13H2;1-2H,(H,5,6)(H,7,8)/b;;2-1+. The van der Waals surface area contributed by atoms with Gasteiger partial charge in [0.1, 0.15) is 0 Å². The van der Waals surface area contributed by atoms with Crippen molar-refractivity contribution < 1.29 is 46.5 Å². The van der Waals surface area contributed by atoms with Gasteiger partial charge in [0.25, 0.3) is 11.4 Å². The van der Waals surface area contributed by atoms with Crippen LogP contribution in [0.4, 0.5) is 11.4 Å². The van der Waals surface area contributed by atoms with Gasteiger partial charge in [0, 0.05) is 50.5 Å². The largest absolute Gasteiger partial charge is 0.478 e. The lowest BCUT2D eigenvalue weighted by Crippen LogP contribution is -2.40. The SMILES string of the molecule is NCC1CCN(S(=O)(=O)c2ccccc2[N+](=O)[O-])CC1.NCC1CCN(S(=O)(=O)c2ccccc2[N+](=O)[O-])CC1.O=C(O)/C=C/C(=O)O. The molecular formula is C28H38N6O12S2. The molecule has 2 aliphatic heterocycles. The molecule has 0 spiro atoms. The average Bonchev–Trinajstić information content (AvgIpc) is 3.08. The second kappa shape index (κ2) is 18.3. The molecule has 48 heavy (non-hydrogen) atoms. The lowest BCUT2D eigenvalue weighted by molar-refractivity contribution is -0.388. The number of hydrogen-bond donors (Lipinski definition) is 4. The third-order valence-electron chi connectivity index (χ3n) is 7.54. The van der Waals surface area contributed by atoms with Crippen LogP contribution in [0.25, 0.3) is 0 Å². The monoisotopic (exact) mass is 714 g/mol. The van der Waals surface area contributed by atoms with E-state index in [4.69, 9.17) is 21.7 Å². The number of sulfonamides is 2. The van der Waals surface area contributed by atoms with Gasteiger partial charge in [-0.05, 0) is 62.7 Å². The number of rotatable bonds is 10.